The van der Waals surface area contributed by atoms with Gasteiger partial charge in [0.15, 0.2) is 5.69 Å². The number of H-pyrrole nitrogens is 1. The Kier molecular flexibility index (Phi) is 5.67. The molecule has 6 rings (SSSR count). The maximum absolute atomic E-state index is 14.4. The zero-order chi connectivity index (χ0) is 25.0. The Hall–Kier alpha value is -3.45. The summed E-state index contributed by atoms with van der Waals surface area (Å²) in [6.45, 7) is 2.76. The third kappa shape index (κ3) is 3.82. The van der Waals surface area contributed by atoms with Gasteiger partial charge in [0.2, 0.25) is 5.76 Å². The zero-order valence-corrected chi connectivity index (χ0v) is 20.1. The number of imidazole rings is 1. The smallest absolute Gasteiger partial charge is 0.298 e. The molecular formula is C23H22F3N7O2S. The Morgan fingerprint density at radius 1 is 1.19 bits per heavy atom. The molecule has 13 heteroatoms. The average molecular weight is 518 g/mol. The molecule has 0 aliphatic carbocycles. The number of likely N-dealkylation sites (N-methyl/N-ethyl adjacent to an activating group) is 1. The fourth-order valence-corrected chi connectivity index (χ4v) is 5.78. The van der Waals surface area contributed by atoms with Crippen LogP contribution in [0.25, 0.3) is 10.2 Å². The van der Waals surface area contributed by atoms with Crippen molar-refractivity contribution in [2.45, 2.75) is 18.9 Å². The van der Waals surface area contributed by atoms with Gasteiger partial charge in [0.05, 0.1) is 16.7 Å². The molecule has 2 aliphatic rings. The van der Waals surface area contributed by atoms with Gasteiger partial charge >= 0.3 is 0 Å². The van der Waals surface area contributed by atoms with Gasteiger partial charge in [-0.05, 0) is 19.2 Å². The van der Waals surface area contributed by atoms with Crippen molar-refractivity contribution in [3.8, 4) is 0 Å². The summed E-state index contributed by atoms with van der Waals surface area (Å²) in [6.07, 6.45) is -1.03. The molecule has 0 saturated carbocycles. The molecule has 2 aliphatic heterocycles. The van der Waals surface area contributed by atoms with Crippen molar-refractivity contribution >= 4 is 33.5 Å². The van der Waals surface area contributed by atoms with Gasteiger partial charge < -0.3 is 24.1 Å². The molecule has 4 aromatic rings. The van der Waals surface area contributed by atoms with E-state index in [1.807, 2.05) is 7.05 Å². The number of nitrogens with one attached hydrogen (secondary N) is 1. The predicted octanol–water partition coefficient (Wildman–Crippen LogP) is 3.62. The highest BCUT2D eigenvalue weighted by molar-refractivity contribution is 7.18. The van der Waals surface area contributed by atoms with Crippen LogP contribution in [-0.4, -0.2) is 75.4 Å². The van der Waals surface area contributed by atoms with Gasteiger partial charge in [0, 0.05) is 44.8 Å². The number of oxazole rings is 1. The highest BCUT2D eigenvalue weighted by Gasteiger charge is 2.40. The maximum Gasteiger partial charge on any atom is 0.298 e. The molecule has 1 aromatic carbocycles. The van der Waals surface area contributed by atoms with Gasteiger partial charge in [-0.3, -0.25) is 4.79 Å². The number of benzene rings is 1. The molecule has 0 spiro atoms. The zero-order valence-electron chi connectivity index (χ0n) is 19.2. The number of thiazole rings is 1. The van der Waals surface area contributed by atoms with Crippen LogP contribution in [0.2, 0.25) is 0 Å². The summed E-state index contributed by atoms with van der Waals surface area (Å²) >= 11 is 1.23. The highest BCUT2D eigenvalue weighted by atomic mass is 32.1. The third-order valence-electron chi connectivity index (χ3n) is 6.62. The quantitative estimate of drug-likeness (QED) is 0.442. The minimum Gasteiger partial charge on any atom is -0.418 e. The highest BCUT2D eigenvalue weighted by Crippen LogP contribution is 2.39. The molecule has 3 aromatic heterocycles. The molecule has 188 valence electrons. The van der Waals surface area contributed by atoms with Crippen LogP contribution < -0.4 is 4.90 Å². The first-order valence-electron chi connectivity index (χ1n) is 11.5. The molecule has 1 atom stereocenters. The van der Waals surface area contributed by atoms with Gasteiger partial charge in [-0.2, -0.15) is 4.98 Å². The summed E-state index contributed by atoms with van der Waals surface area (Å²) in [5, 5.41) is 0.439. The van der Waals surface area contributed by atoms with E-state index in [1.54, 1.807) is 17.0 Å². The van der Waals surface area contributed by atoms with Crippen LogP contribution in [0.15, 0.2) is 28.9 Å². The van der Waals surface area contributed by atoms with E-state index in [9.17, 15) is 18.0 Å². The molecule has 0 unspecified atom stereocenters. The van der Waals surface area contributed by atoms with E-state index < -0.39 is 35.6 Å². The molecule has 9 nitrogen and oxygen atoms in total. The standard InChI is InChI=1S/C23H22F3N7O2S/c1-31-7-9-32(10-8-31)23-30-17(20(25)26)19(35-23)22(34)33-6-5-13-16(28-11-27-13)18(33)21-29-15-12(24)3-2-4-14(15)36-21/h2-4,11,18,20H,5-10H2,1H3,(H,27,28)/t18-/m0/s1. The Morgan fingerprint density at radius 3 is 2.75 bits per heavy atom. The monoisotopic (exact) mass is 517 g/mol. The second-order valence-electron chi connectivity index (χ2n) is 8.86. The number of carbonyl (C=O) groups excluding carboxylic acids is 1. The number of aromatic nitrogens is 4. The Balaban J connectivity index is 1.40. The number of para-hydroxylation sites is 1. The van der Waals surface area contributed by atoms with Crippen molar-refractivity contribution in [1.29, 1.82) is 0 Å². The second-order valence-corrected chi connectivity index (χ2v) is 9.92. The molecule has 1 saturated heterocycles. The summed E-state index contributed by atoms with van der Waals surface area (Å²) in [7, 11) is 1.97. The van der Waals surface area contributed by atoms with Crippen LogP contribution >= 0.6 is 11.3 Å². The first-order chi connectivity index (χ1) is 17.4. The van der Waals surface area contributed by atoms with Crippen molar-refractivity contribution in [3.63, 3.8) is 0 Å². The third-order valence-corrected chi connectivity index (χ3v) is 7.70. The van der Waals surface area contributed by atoms with Gasteiger partial charge in [0.25, 0.3) is 18.3 Å². The first kappa shape index (κ1) is 23.0. The lowest BCUT2D eigenvalue weighted by Gasteiger charge is -2.33. The summed E-state index contributed by atoms with van der Waals surface area (Å²) in [6, 6.07) is 3.88. The number of alkyl halides is 2. The van der Waals surface area contributed by atoms with E-state index in [1.165, 1.54) is 28.6 Å². The Bertz CT molecular complexity index is 1430. The summed E-state index contributed by atoms with van der Waals surface area (Å²) in [5.41, 5.74) is 0.869. The van der Waals surface area contributed by atoms with Crippen LogP contribution in [0, 0.1) is 5.82 Å². The minimum atomic E-state index is -2.99. The minimum absolute atomic E-state index is 0.0119. The number of nitrogens with zero attached hydrogens (tertiary/aromatic N) is 6. The van der Waals surface area contributed by atoms with E-state index in [0.717, 1.165) is 18.8 Å². The van der Waals surface area contributed by atoms with Crippen molar-refractivity contribution in [1.82, 2.24) is 29.7 Å². The number of carbonyl (C=O) groups is 1. The van der Waals surface area contributed by atoms with Crippen LogP contribution in [0.4, 0.5) is 19.2 Å². The number of hydrogen-bond acceptors (Lipinski definition) is 8. The SMILES string of the molecule is CN1CCN(c2nc(C(F)F)c(C(=O)N3CCc4[nH]cnc4[C@H]3c3nc4c(F)cccc4s3)o2)CC1. The lowest BCUT2D eigenvalue weighted by Crippen LogP contribution is -2.44. The lowest BCUT2D eigenvalue weighted by atomic mass is 10.0. The number of rotatable bonds is 4. The van der Waals surface area contributed by atoms with Crippen LogP contribution in [-0.2, 0) is 6.42 Å². The summed E-state index contributed by atoms with van der Waals surface area (Å²) in [4.78, 5) is 35.0. The lowest BCUT2D eigenvalue weighted by molar-refractivity contribution is 0.0643. The van der Waals surface area contributed by atoms with Crippen molar-refractivity contribution < 1.29 is 22.4 Å². The molecule has 0 bridgehead atoms. The van der Waals surface area contributed by atoms with E-state index in [4.69, 9.17) is 4.42 Å². The van der Waals surface area contributed by atoms with Crippen molar-refractivity contribution in [3.05, 3.63) is 58.2 Å². The van der Waals surface area contributed by atoms with Gasteiger partial charge in [-0.15, -0.1) is 11.3 Å². The molecule has 1 amide bonds. The first-order valence-corrected chi connectivity index (χ1v) is 12.3. The normalized spacial score (nSPS) is 18.9. The van der Waals surface area contributed by atoms with E-state index >= 15 is 0 Å². The van der Waals surface area contributed by atoms with Crippen molar-refractivity contribution in [2.75, 3.05) is 44.7 Å². The second kappa shape index (κ2) is 8.89. The number of amides is 1. The summed E-state index contributed by atoms with van der Waals surface area (Å²) < 4.78 is 48.7. The molecule has 1 N–H and O–H groups in total. The van der Waals surface area contributed by atoms with E-state index in [-0.39, 0.29) is 18.1 Å². The number of hydrogen-bond donors (Lipinski definition) is 1. The number of halogens is 3. The van der Waals surface area contributed by atoms with E-state index in [2.05, 4.69) is 24.8 Å². The predicted molar refractivity (Wildman–Crippen MR) is 126 cm³/mol. The Morgan fingerprint density at radius 2 is 2.00 bits per heavy atom. The topological polar surface area (TPSA) is 94.4 Å². The molecular weight excluding hydrogens is 495 g/mol. The molecule has 0 radical (unpaired) electrons. The number of aromatic amines is 1. The van der Waals surface area contributed by atoms with E-state index in [0.29, 0.717) is 34.9 Å². The maximum atomic E-state index is 14.4. The van der Waals surface area contributed by atoms with Crippen LogP contribution in [0.3, 0.4) is 0 Å². The molecule has 1 fully saturated rings. The summed E-state index contributed by atoms with van der Waals surface area (Å²) in [5.74, 6) is -1.69. The average Bonchev–Trinajstić information content (AvgIpc) is 3.61. The Labute approximate surface area is 207 Å². The number of fused-ring (bicyclic) bond motifs is 2. The molecule has 5 heterocycles. The van der Waals surface area contributed by atoms with Crippen molar-refractivity contribution in [2.24, 2.45) is 0 Å². The van der Waals surface area contributed by atoms with Gasteiger partial charge in [0.1, 0.15) is 22.4 Å². The van der Waals surface area contributed by atoms with Crippen LogP contribution in [0.5, 0.6) is 0 Å². The number of anilines is 1. The van der Waals surface area contributed by atoms with Gasteiger partial charge in [-0.1, -0.05) is 6.07 Å². The fraction of sp³-hybridized carbons (Fsp3) is 0.391. The molecule has 36 heavy (non-hydrogen) atoms. The largest absolute Gasteiger partial charge is 0.418 e. The number of piperazine rings is 1. The van der Waals surface area contributed by atoms with Gasteiger partial charge in [-0.25, -0.2) is 23.1 Å². The van der Waals surface area contributed by atoms with Crippen LogP contribution in [0.1, 0.15) is 45.1 Å². The fourth-order valence-electron chi connectivity index (χ4n) is 4.68.